The number of aromatic nitrogens is 1. The Morgan fingerprint density at radius 3 is 2.74 bits per heavy atom. The molecule has 1 aromatic carbocycles. The highest BCUT2D eigenvalue weighted by molar-refractivity contribution is 5.99. The fraction of sp³-hybridized carbons (Fsp3) is 0.381. The highest BCUT2D eigenvalue weighted by Gasteiger charge is 2.39. The van der Waals surface area contributed by atoms with Gasteiger partial charge in [0, 0.05) is 37.5 Å². The quantitative estimate of drug-likeness (QED) is 0.769. The topological polar surface area (TPSA) is 94.9 Å². The largest absolute Gasteiger partial charge is 0.502 e. The van der Waals surface area contributed by atoms with E-state index < -0.39 is 34.6 Å². The molecule has 164 valence electrons. The van der Waals surface area contributed by atoms with Crippen LogP contribution in [0.3, 0.4) is 0 Å². The van der Waals surface area contributed by atoms with Crippen molar-refractivity contribution in [3.05, 3.63) is 62.6 Å². The van der Waals surface area contributed by atoms with Crippen LogP contribution in [-0.4, -0.2) is 46.3 Å². The molecule has 8 nitrogen and oxygen atoms in total. The molecule has 0 bridgehead atoms. The first-order valence-corrected chi connectivity index (χ1v) is 9.96. The number of rotatable bonds is 3. The minimum Gasteiger partial charge on any atom is -0.502 e. The Morgan fingerprint density at radius 2 is 2.00 bits per heavy atom. The first kappa shape index (κ1) is 20.8. The van der Waals surface area contributed by atoms with Gasteiger partial charge in [0.2, 0.25) is 5.43 Å². The predicted octanol–water partition coefficient (Wildman–Crippen LogP) is 1.60. The number of pyridine rings is 1. The third kappa shape index (κ3) is 3.31. The average Bonchev–Trinajstić information content (AvgIpc) is 2.77. The first-order valence-electron chi connectivity index (χ1n) is 9.96. The minimum absolute atomic E-state index is 0.0578. The van der Waals surface area contributed by atoms with E-state index in [4.69, 9.17) is 0 Å². The molecule has 4 rings (SSSR count). The van der Waals surface area contributed by atoms with E-state index in [1.165, 1.54) is 28.8 Å². The van der Waals surface area contributed by atoms with E-state index in [0.29, 0.717) is 6.54 Å². The second-order valence-corrected chi connectivity index (χ2v) is 7.80. The van der Waals surface area contributed by atoms with Crippen molar-refractivity contribution in [3.63, 3.8) is 0 Å². The van der Waals surface area contributed by atoms with E-state index in [-0.39, 0.29) is 35.1 Å². The molecule has 2 aromatic rings. The summed E-state index contributed by atoms with van der Waals surface area (Å²) in [5.41, 5.74) is -1.67. The van der Waals surface area contributed by atoms with Crippen molar-refractivity contribution in [2.24, 2.45) is 0 Å². The Morgan fingerprint density at radius 1 is 1.26 bits per heavy atom. The molecule has 1 fully saturated rings. The van der Waals surface area contributed by atoms with Crippen molar-refractivity contribution in [1.82, 2.24) is 14.9 Å². The Balaban J connectivity index is 1.68. The maximum Gasteiger partial charge on any atom is 0.277 e. The maximum atomic E-state index is 14.2. The zero-order valence-electron chi connectivity index (χ0n) is 17.1. The van der Waals surface area contributed by atoms with Gasteiger partial charge < -0.3 is 15.3 Å². The van der Waals surface area contributed by atoms with Crippen molar-refractivity contribution in [2.45, 2.75) is 38.9 Å². The van der Waals surface area contributed by atoms with Crippen molar-refractivity contribution in [3.8, 4) is 5.75 Å². The fourth-order valence-corrected chi connectivity index (χ4v) is 4.12. The summed E-state index contributed by atoms with van der Waals surface area (Å²) < 4.78 is 29.0. The summed E-state index contributed by atoms with van der Waals surface area (Å²) >= 11 is 0. The number of fused-ring (bicyclic) bond motifs is 3. The molecule has 0 saturated carbocycles. The summed E-state index contributed by atoms with van der Waals surface area (Å²) in [4.78, 5) is 39.6. The van der Waals surface area contributed by atoms with Gasteiger partial charge in [-0.2, -0.15) is 0 Å². The monoisotopic (exact) mass is 432 g/mol. The summed E-state index contributed by atoms with van der Waals surface area (Å²) in [6, 6.07) is 2.31. The number of hydrogen-bond donors (Lipinski definition) is 2. The lowest BCUT2D eigenvalue weighted by Crippen LogP contribution is -2.61. The number of carbonyl (C=O) groups is 2. The van der Waals surface area contributed by atoms with Gasteiger partial charge >= 0.3 is 0 Å². The second kappa shape index (κ2) is 7.68. The molecule has 1 aromatic heterocycles. The molecule has 2 aliphatic heterocycles. The summed E-state index contributed by atoms with van der Waals surface area (Å²) in [5, 5.41) is 14.7. The van der Waals surface area contributed by atoms with Gasteiger partial charge in [0.1, 0.15) is 23.4 Å². The van der Waals surface area contributed by atoms with Crippen molar-refractivity contribution >= 4 is 11.8 Å². The molecule has 1 saturated heterocycles. The number of amides is 2. The molecular formula is C21H22F2N4O4. The average molecular weight is 432 g/mol. The van der Waals surface area contributed by atoms with Crippen LogP contribution < -0.4 is 15.8 Å². The predicted molar refractivity (Wildman–Crippen MR) is 107 cm³/mol. The molecule has 0 unspecified atom stereocenters. The SMILES string of the molecule is Cc1c(F)ccc(CNC(=O)c2cn3c(c(O)c2=O)C(=O)N(C)[C@@H]2CCCCN23)c1F. The smallest absolute Gasteiger partial charge is 0.277 e. The number of halogens is 2. The molecule has 2 amide bonds. The number of benzene rings is 1. The fourth-order valence-electron chi connectivity index (χ4n) is 4.12. The van der Waals surface area contributed by atoms with Crippen LogP contribution in [0.1, 0.15) is 51.2 Å². The zero-order valence-corrected chi connectivity index (χ0v) is 17.1. The van der Waals surface area contributed by atoms with Gasteiger partial charge in [0.25, 0.3) is 11.8 Å². The molecule has 3 heterocycles. The normalized spacial score (nSPS) is 17.9. The van der Waals surface area contributed by atoms with E-state index in [0.717, 1.165) is 25.3 Å². The van der Waals surface area contributed by atoms with Gasteiger partial charge in [-0.15, -0.1) is 0 Å². The lowest BCUT2D eigenvalue weighted by molar-refractivity contribution is 0.0591. The van der Waals surface area contributed by atoms with E-state index in [1.807, 2.05) is 5.01 Å². The molecule has 2 aliphatic rings. The molecule has 10 heteroatoms. The Bertz CT molecular complexity index is 1150. The standard InChI is InChI=1S/C21H22F2N4O4/c1-11-14(22)7-6-12(16(11)23)9-24-20(30)13-10-27-17(19(29)18(13)28)21(31)25(2)15-5-3-4-8-26(15)27/h6-7,10,15,29H,3-5,8-9H2,1-2H3,(H,24,30)/t15-/m0/s1. The van der Waals surface area contributed by atoms with Gasteiger partial charge in [0.05, 0.1) is 0 Å². The highest BCUT2D eigenvalue weighted by Crippen LogP contribution is 2.28. The number of nitrogens with one attached hydrogen (secondary N) is 1. The van der Waals surface area contributed by atoms with Gasteiger partial charge in [-0.1, -0.05) is 6.07 Å². The Hall–Kier alpha value is -3.43. The van der Waals surface area contributed by atoms with Crippen molar-refractivity contribution in [1.29, 1.82) is 0 Å². The number of piperidine rings is 1. The number of carbonyl (C=O) groups excluding carboxylic acids is 2. The number of hydrogen-bond acceptors (Lipinski definition) is 5. The van der Waals surface area contributed by atoms with Crippen LogP contribution in [0.15, 0.2) is 23.1 Å². The second-order valence-electron chi connectivity index (χ2n) is 7.80. The third-order valence-electron chi connectivity index (χ3n) is 5.94. The van der Waals surface area contributed by atoms with Crippen LogP contribution in [0.25, 0.3) is 0 Å². The third-order valence-corrected chi connectivity index (χ3v) is 5.94. The molecule has 31 heavy (non-hydrogen) atoms. The summed E-state index contributed by atoms with van der Waals surface area (Å²) in [6.45, 7) is 1.59. The van der Waals surface area contributed by atoms with Gasteiger partial charge in [-0.3, -0.25) is 24.1 Å². The summed E-state index contributed by atoms with van der Waals surface area (Å²) in [6.07, 6.45) is 3.50. The van der Waals surface area contributed by atoms with Gasteiger partial charge in [-0.05, 0) is 32.3 Å². The Kier molecular flexibility index (Phi) is 5.16. The first-order chi connectivity index (χ1) is 14.7. The lowest BCUT2D eigenvalue weighted by Gasteiger charge is -2.47. The van der Waals surface area contributed by atoms with E-state index in [9.17, 15) is 28.3 Å². The molecule has 1 atom stereocenters. The molecule has 0 spiro atoms. The van der Waals surface area contributed by atoms with E-state index in [2.05, 4.69) is 5.32 Å². The van der Waals surface area contributed by atoms with E-state index >= 15 is 0 Å². The molecule has 0 radical (unpaired) electrons. The van der Waals surface area contributed by atoms with E-state index in [1.54, 1.807) is 7.05 Å². The van der Waals surface area contributed by atoms with Gasteiger partial charge in [0.15, 0.2) is 11.4 Å². The van der Waals surface area contributed by atoms with Crippen LogP contribution in [0, 0.1) is 18.6 Å². The van der Waals surface area contributed by atoms with Crippen LogP contribution in [-0.2, 0) is 6.54 Å². The van der Waals surface area contributed by atoms with Crippen molar-refractivity contribution in [2.75, 3.05) is 18.6 Å². The summed E-state index contributed by atoms with van der Waals surface area (Å²) in [5.74, 6) is -3.63. The van der Waals surface area contributed by atoms with Crippen molar-refractivity contribution < 1.29 is 23.5 Å². The summed E-state index contributed by atoms with van der Waals surface area (Å²) in [7, 11) is 1.61. The molecule has 2 N–H and O–H groups in total. The van der Waals surface area contributed by atoms with Gasteiger partial charge in [-0.25, -0.2) is 8.78 Å². The highest BCUT2D eigenvalue weighted by atomic mass is 19.1. The minimum atomic E-state index is -0.989. The Labute approximate surface area is 176 Å². The molecule has 0 aliphatic carbocycles. The molecular weight excluding hydrogens is 410 g/mol. The lowest BCUT2D eigenvalue weighted by atomic mass is 10.1. The van der Waals surface area contributed by atoms with Crippen LogP contribution in [0.2, 0.25) is 0 Å². The maximum absolute atomic E-state index is 14.2. The van der Waals surface area contributed by atoms with Crippen LogP contribution in [0.4, 0.5) is 8.78 Å². The van der Waals surface area contributed by atoms with Crippen LogP contribution in [0.5, 0.6) is 5.75 Å². The van der Waals surface area contributed by atoms with Crippen LogP contribution >= 0.6 is 0 Å². The number of nitrogens with zero attached hydrogens (tertiary/aromatic N) is 3. The number of aromatic hydroxyl groups is 1. The zero-order chi connectivity index (χ0) is 22.4.